The van der Waals surface area contributed by atoms with Gasteiger partial charge in [0.15, 0.2) is 15.8 Å². The molecule has 1 heterocycles. The predicted octanol–water partition coefficient (Wildman–Crippen LogP) is 2.68. The second-order valence-corrected chi connectivity index (χ2v) is 10.9. The van der Waals surface area contributed by atoms with Crippen LogP contribution in [0.25, 0.3) is 0 Å². The van der Waals surface area contributed by atoms with Crippen molar-refractivity contribution in [3.8, 4) is 0 Å². The molecule has 1 aliphatic rings. The van der Waals surface area contributed by atoms with Gasteiger partial charge in [-0.2, -0.15) is 0 Å². The van der Waals surface area contributed by atoms with Gasteiger partial charge in [0.1, 0.15) is 0 Å². The van der Waals surface area contributed by atoms with Crippen molar-refractivity contribution in [2.24, 2.45) is 10.4 Å². The Bertz CT molecular complexity index is 504. The highest BCUT2D eigenvalue weighted by Gasteiger charge is 2.32. The molecule has 1 aliphatic heterocycles. The van der Waals surface area contributed by atoms with Crippen LogP contribution in [-0.4, -0.2) is 56.5 Å². The number of guanidine groups is 1. The van der Waals surface area contributed by atoms with E-state index in [0.717, 1.165) is 25.5 Å². The molecular formula is C17H35N3O2S. The van der Waals surface area contributed by atoms with Crippen LogP contribution in [0.15, 0.2) is 4.99 Å². The van der Waals surface area contributed by atoms with Gasteiger partial charge in [0.05, 0.1) is 10.5 Å². The first kappa shape index (κ1) is 20.3. The van der Waals surface area contributed by atoms with Crippen LogP contribution in [0.5, 0.6) is 0 Å². The van der Waals surface area contributed by atoms with Crippen LogP contribution in [-0.2, 0) is 9.84 Å². The summed E-state index contributed by atoms with van der Waals surface area (Å²) in [6, 6.07) is 0. The number of likely N-dealkylation sites (tertiary alicyclic amines) is 1. The van der Waals surface area contributed by atoms with Gasteiger partial charge in [-0.15, -0.1) is 0 Å². The molecule has 0 spiro atoms. The van der Waals surface area contributed by atoms with E-state index >= 15 is 0 Å². The van der Waals surface area contributed by atoms with E-state index in [2.05, 4.69) is 29.1 Å². The fraction of sp³-hybridized carbons (Fsp3) is 0.941. The quantitative estimate of drug-likeness (QED) is 0.615. The normalized spacial score (nSPS) is 23.9. The highest BCUT2D eigenvalue weighted by atomic mass is 32.2. The van der Waals surface area contributed by atoms with Gasteiger partial charge in [-0.25, -0.2) is 8.42 Å². The van der Waals surface area contributed by atoms with Crippen molar-refractivity contribution in [1.29, 1.82) is 0 Å². The van der Waals surface area contributed by atoms with Gasteiger partial charge in [0.2, 0.25) is 0 Å². The average Bonchev–Trinajstić information content (AvgIpc) is 2.42. The van der Waals surface area contributed by atoms with Gasteiger partial charge in [-0.05, 0) is 45.4 Å². The summed E-state index contributed by atoms with van der Waals surface area (Å²) in [5, 5.41) is 3.24. The highest BCUT2D eigenvalue weighted by molar-refractivity contribution is 7.92. The Morgan fingerprint density at radius 2 is 2.00 bits per heavy atom. The van der Waals surface area contributed by atoms with Crippen molar-refractivity contribution < 1.29 is 8.42 Å². The van der Waals surface area contributed by atoms with Crippen LogP contribution >= 0.6 is 0 Å². The number of sulfone groups is 1. The predicted molar refractivity (Wildman–Crippen MR) is 98.7 cm³/mol. The molecule has 1 fully saturated rings. The lowest BCUT2D eigenvalue weighted by Crippen LogP contribution is -2.50. The van der Waals surface area contributed by atoms with E-state index in [1.165, 1.54) is 19.3 Å². The molecule has 0 aromatic heterocycles. The Morgan fingerprint density at radius 3 is 2.52 bits per heavy atom. The molecular weight excluding hydrogens is 310 g/mol. The number of nitrogens with zero attached hydrogens (tertiary/aromatic N) is 2. The van der Waals surface area contributed by atoms with E-state index in [1.807, 2.05) is 0 Å². The molecule has 0 radical (unpaired) electrons. The molecule has 23 heavy (non-hydrogen) atoms. The van der Waals surface area contributed by atoms with Crippen molar-refractivity contribution in [3.63, 3.8) is 0 Å². The Labute approximate surface area is 142 Å². The topological polar surface area (TPSA) is 61.8 Å². The maximum Gasteiger partial charge on any atom is 0.193 e. The van der Waals surface area contributed by atoms with Crippen molar-refractivity contribution >= 4 is 15.8 Å². The Morgan fingerprint density at radius 1 is 1.35 bits per heavy atom. The van der Waals surface area contributed by atoms with E-state index in [4.69, 9.17) is 0 Å². The minimum Gasteiger partial charge on any atom is -0.355 e. The molecule has 0 bridgehead atoms. The standard InChI is InChI=1S/C17H35N3O2S/c1-7-9-17(5)10-8-12-20(14-17)15(18-6)19-11-13-23(21,22)16(2,3)4/h7-14H2,1-6H3,(H,18,19). The van der Waals surface area contributed by atoms with E-state index in [1.54, 1.807) is 27.8 Å². The van der Waals surface area contributed by atoms with E-state index in [-0.39, 0.29) is 5.75 Å². The highest BCUT2D eigenvalue weighted by Crippen LogP contribution is 2.33. The Kier molecular flexibility index (Phi) is 6.93. The lowest BCUT2D eigenvalue weighted by Gasteiger charge is -2.42. The molecule has 5 nitrogen and oxygen atoms in total. The van der Waals surface area contributed by atoms with Crippen molar-refractivity contribution in [3.05, 3.63) is 0 Å². The van der Waals surface area contributed by atoms with Crippen molar-refractivity contribution in [2.75, 3.05) is 32.4 Å². The zero-order valence-electron chi connectivity index (χ0n) is 15.8. The Balaban J connectivity index is 2.61. The molecule has 0 saturated carbocycles. The van der Waals surface area contributed by atoms with Gasteiger partial charge in [0.25, 0.3) is 0 Å². The SMILES string of the molecule is CCCC1(C)CCCN(C(=NC)NCCS(=O)(=O)C(C)(C)C)C1. The minimum atomic E-state index is -3.10. The third kappa shape index (κ3) is 5.66. The fourth-order valence-electron chi connectivity index (χ4n) is 3.24. The monoisotopic (exact) mass is 345 g/mol. The maximum atomic E-state index is 12.2. The van der Waals surface area contributed by atoms with Gasteiger partial charge in [0, 0.05) is 26.7 Å². The zero-order valence-corrected chi connectivity index (χ0v) is 16.6. The van der Waals surface area contributed by atoms with Crippen LogP contribution < -0.4 is 5.32 Å². The largest absolute Gasteiger partial charge is 0.355 e. The second kappa shape index (κ2) is 7.86. The summed E-state index contributed by atoms with van der Waals surface area (Å²) in [5.74, 6) is 0.964. The van der Waals surface area contributed by atoms with Gasteiger partial charge in [-0.3, -0.25) is 4.99 Å². The van der Waals surface area contributed by atoms with Crippen LogP contribution in [0.1, 0.15) is 60.3 Å². The summed E-state index contributed by atoms with van der Waals surface area (Å²) in [4.78, 5) is 6.64. The van der Waals surface area contributed by atoms with E-state index in [0.29, 0.717) is 12.0 Å². The van der Waals surface area contributed by atoms with E-state index in [9.17, 15) is 8.42 Å². The lowest BCUT2D eigenvalue weighted by atomic mass is 9.78. The minimum absolute atomic E-state index is 0.135. The molecule has 0 aliphatic carbocycles. The molecule has 1 N–H and O–H groups in total. The molecule has 136 valence electrons. The van der Waals surface area contributed by atoms with Crippen LogP contribution in [0.4, 0.5) is 0 Å². The second-order valence-electron chi connectivity index (χ2n) is 7.99. The Hall–Kier alpha value is -0.780. The molecule has 0 aromatic carbocycles. The summed E-state index contributed by atoms with van der Waals surface area (Å²) in [6.07, 6.45) is 4.84. The molecule has 0 amide bonds. The summed E-state index contributed by atoms with van der Waals surface area (Å²) < 4.78 is 23.7. The summed E-state index contributed by atoms with van der Waals surface area (Å²) in [6.45, 7) is 12.2. The van der Waals surface area contributed by atoms with Crippen molar-refractivity contribution in [2.45, 2.75) is 65.0 Å². The molecule has 1 unspecified atom stereocenters. The maximum absolute atomic E-state index is 12.2. The van der Waals surface area contributed by atoms with Crippen LogP contribution in [0.3, 0.4) is 0 Å². The number of hydrogen-bond acceptors (Lipinski definition) is 3. The van der Waals surface area contributed by atoms with Crippen LogP contribution in [0.2, 0.25) is 0 Å². The molecule has 1 saturated heterocycles. The smallest absolute Gasteiger partial charge is 0.193 e. The molecule has 6 heteroatoms. The number of piperidine rings is 1. The van der Waals surface area contributed by atoms with Gasteiger partial charge < -0.3 is 10.2 Å². The fourth-order valence-corrected chi connectivity index (χ4v) is 4.22. The van der Waals surface area contributed by atoms with E-state index < -0.39 is 14.6 Å². The zero-order chi connectivity index (χ0) is 17.7. The first-order valence-electron chi connectivity index (χ1n) is 8.72. The van der Waals surface area contributed by atoms with Crippen molar-refractivity contribution in [1.82, 2.24) is 10.2 Å². The summed E-state index contributed by atoms with van der Waals surface area (Å²) >= 11 is 0. The third-order valence-corrected chi connectivity index (χ3v) is 7.34. The number of aliphatic imine (C=N–C) groups is 1. The first-order valence-corrected chi connectivity index (χ1v) is 10.4. The van der Waals surface area contributed by atoms with Gasteiger partial charge in [-0.1, -0.05) is 20.3 Å². The lowest BCUT2D eigenvalue weighted by molar-refractivity contribution is 0.143. The first-order chi connectivity index (χ1) is 10.5. The number of nitrogens with one attached hydrogen (secondary N) is 1. The third-order valence-electron chi connectivity index (χ3n) is 4.73. The molecule has 1 rings (SSSR count). The summed E-state index contributed by atoms with van der Waals surface area (Å²) in [7, 11) is -1.33. The molecule has 1 atom stereocenters. The summed E-state index contributed by atoms with van der Waals surface area (Å²) in [5.41, 5.74) is 0.335. The van der Waals surface area contributed by atoms with Gasteiger partial charge >= 0.3 is 0 Å². The number of rotatable bonds is 5. The average molecular weight is 346 g/mol. The molecule has 0 aromatic rings. The number of hydrogen-bond donors (Lipinski definition) is 1. The van der Waals surface area contributed by atoms with Crippen LogP contribution in [0, 0.1) is 5.41 Å².